The molecule has 0 saturated carbocycles. The van der Waals surface area contributed by atoms with Crippen LogP contribution >= 0.6 is 0 Å². The predicted octanol–water partition coefficient (Wildman–Crippen LogP) is 4.40. The number of hydrogen-bond donors (Lipinski definition) is 0. The summed E-state index contributed by atoms with van der Waals surface area (Å²) in [7, 11) is 0. The number of likely N-dealkylation sites (tertiary alicyclic amines) is 1. The van der Waals surface area contributed by atoms with Crippen molar-refractivity contribution in [3.8, 4) is 0 Å². The van der Waals surface area contributed by atoms with Gasteiger partial charge in [-0.2, -0.15) is 0 Å². The monoisotopic (exact) mass is 446 g/mol. The van der Waals surface area contributed by atoms with Crippen LogP contribution in [0.3, 0.4) is 0 Å². The van der Waals surface area contributed by atoms with Crippen LogP contribution in [0.15, 0.2) is 24.4 Å². The molecule has 0 unspecified atom stereocenters. The Balaban J connectivity index is 1.51. The van der Waals surface area contributed by atoms with Crippen molar-refractivity contribution >= 4 is 17.4 Å². The smallest absolute Gasteiger partial charge is 0.228 e. The highest BCUT2D eigenvalue weighted by atomic mass is 16.2. The lowest BCUT2D eigenvalue weighted by Crippen LogP contribution is -2.40. The van der Waals surface area contributed by atoms with Gasteiger partial charge in [0.2, 0.25) is 5.91 Å². The zero-order valence-corrected chi connectivity index (χ0v) is 20.2. The van der Waals surface area contributed by atoms with E-state index < -0.39 is 0 Å². The van der Waals surface area contributed by atoms with E-state index in [0.29, 0.717) is 18.9 Å². The number of piperidine rings is 1. The van der Waals surface area contributed by atoms with Crippen molar-refractivity contribution in [3.05, 3.63) is 52.9 Å². The maximum atomic E-state index is 12.8. The quantitative estimate of drug-likeness (QED) is 0.581. The molecule has 1 fully saturated rings. The van der Waals surface area contributed by atoms with Gasteiger partial charge >= 0.3 is 0 Å². The molecule has 0 radical (unpaired) electrons. The Morgan fingerprint density at radius 1 is 1.06 bits per heavy atom. The van der Waals surface area contributed by atoms with Crippen LogP contribution in [0.1, 0.15) is 74.0 Å². The van der Waals surface area contributed by atoms with Gasteiger partial charge in [-0.15, -0.1) is 0 Å². The van der Waals surface area contributed by atoms with Crippen molar-refractivity contribution < 1.29 is 4.79 Å². The Morgan fingerprint density at radius 2 is 1.91 bits per heavy atom. The molecule has 0 aliphatic carbocycles. The molecule has 2 aliphatic heterocycles. The van der Waals surface area contributed by atoms with Crippen LogP contribution in [-0.2, 0) is 17.8 Å². The number of amides is 1. The van der Waals surface area contributed by atoms with Crippen molar-refractivity contribution in [3.63, 3.8) is 0 Å². The van der Waals surface area contributed by atoms with Crippen molar-refractivity contribution in [2.24, 2.45) is 5.92 Å². The molecule has 7 nitrogen and oxygen atoms in total. The Morgan fingerprint density at radius 3 is 2.73 bits per heavy atom. The van der Waals surface area contributed by atoms with Gasteiger partial charge in [-0.25, -0.2) is 15.0 Å². The number of nitrogens with zero attached hydrogens (tertiary/aromatic N) is 6. The molecular formula is C26H34N6O. The minimum absolute atomic E-state index is 0.148. The van der Waals surface area contributed by atoms with Crippen LogP contribution in [-0.4, -0.2) is 43.2 Å². The number of rotatable bonds is 5. The van der Waals surface area contributed by atoms with E-state index in [1.165, 1.54) is 18.5 Å². The van der Waals surface area contributed by atoms with E-state index in [1.807, 2.05) is 11.0 Å². The highest BCUT2D eigenvalue weighted by molar-refractivity contribution is 5.95. The fourth-order valence-electron chi connectivity index (χ4n) is 5.33. The van der Waals surface area contributed by atoms with E-state index in [9.17, 15) is 4.79 Å². The van der Waals surface area contributed by atoms with E-state index in [-0.39, 0.29) is 11.9 Å². The summed E-state index contributed by atoms with van der Waals surface area (Å²) in [6.07, 6.45) is 6.76. The number of carbonyl (C=O) groups is 1. The SMILES string of the molecule is Cc1nc([C@H]2CCCCN2Cc2c(C)nc3ccccn23)nc2c1CCC(=O)N2CC(C)C. The molecule has 0 N–H and O–H groups in total. The predicted molar refractivity (Wildman–Crippen MR) is 129 cm³/mol. The molecule has 0 spiro atoms. The van der Waals surface area contributed by atoms with Crippen LogP contribution in [0.25, 0.3) is 5.65 Å². The Bertz CT molecular complexity index is 1180. The van der Waals surface area contributed by atoms with Gasteiger partial charge in [0, 0.05) is 37.0 Å². The lowest BCUT2D eigenvalue weighted by molar-refractivity contribution is -0.119. The molecule has 5 heterocycles. The lowest BCUT2D eigenvalue weighted by Gasteiger charge is -2.36. The largest absolute Gasteiger partial charge is 0.302 e. The molecule has 3 aromatic heterocycles. The average molecular weight is 447 g/mol. The third kappa shape index (κ3) is 4.14. The van der Waals surface area contributed by atoms with Crippen LogP contribution < -0.4 is 4.90 Å². The minimum atomic E-state index is 0.148. The summed E-state index contributed by atoms with van der Waals surface area (Å²) in [5, 5.41) is 0. The Labute approximate surface area is 195 Å². The Kier molecular flexibility index (Phi) is 5.91. The second-order valence-electron chi connectivity index (χ2n) is 9.92. The number of anilines is 1. The number of aryl methyl sites for hydroxylation is 2. The normalized spacial score (nSPS) is 19.5. The second-order valence-corrected chi connectivity index (χ2v) is 9.92. The van der Waals surface area contributed by atoms with Crippen molar-refractivity contribution in [1.82, 2.24) is 24.3 Å². The first-order chi connectivity index (χ1) is 15.9. The molecular weight excluding hydrogens is 412 g/mol. The van der Waals surface area contributed by atoms with Gasteiger partial charge in [-0.1, -0.05) is 26.3 Å². The topological polar surface area (TPSA) is 66.6 Å². The molecule has 7 heteroatoms. The number of imidazole rings is 1. The van der Waals surface area contributed by atoms with Gasteiger partial charge in [0.15, 0.2) is 0 Å². The first kappa shape index (κ1) is 22.0. The molecule has 0 bridgehead atoms. The molecule has 2 aliphatic rings. The highest BCUT2D eigenvalue weighted by Crippen LogP contribution is 2.35. The van der Waals surface area contributed by atoms with E-state index in [0.717, 1.165) is 60.2 Å². The first-order valence-electron chi connectivity index (χ1n) is 12.3. The van der Waals surface area contributed by atoms with Crippen molar-refractivity contribution in [1.29, 1.82) is 0 Å². The van der Waals surface area contributed by atoms with Gasteiger partial charge < -0.3 is 4.40 Å². The summed E-state index contributed by atoms with van der Waals surface area (Å²) in [5.74, 6) is 2.28. The molecule has 174 valence electrons. The summed E-state index contributed by atoms with van der Waals surface area (Å²) >= 11 is 0. The Hall–Kier alpha value is -2.80. The maximum absolute atomic E-state index is 12.8. The van der Waals surface area contributed by atoms with Crippen molar-refractivity contribution in [2.45, 2.75) is 72.4 Å². The van der Waals surface area contributed by atoms with E-state index in [1.54, 1.807) is 0 Å². The average Bonchev–Trinajstić information content (AvgIpc) is 3.11. The summed E-state index contributed by atoms with van der Waals surface area (Å²) in [4.78, 5) is 32.0. The minimum Gasteiger partial charge on any atom is -0.302 e. The molecule has 1 amide bonds. The number of pyridine rings is 1. The zero-order valence-electron chi connectivity index (χ0n) is 20.2. The fraction of sp³-hybridized carbons (Fsp3) is 0.538. The van der Waals surface area contributed by atoms with Gasteiger partial charge in [0.25, 0.3) is 0 Å². The van der Waals surface area contributed by atoms with Crippen LogP contribution in [0.4, 0.5) is 5.82 Å². The summed E-state index contributed by atoms with van der Waals surface area (Å²) in [6.45, 7) is 11.0. The van der Waals surface area contributed by atoms with E-state index in [4.69, 9.17) is 15.0 Å². The second kappa shape index (κ2) is 8.86. The summed E-state index contributed by atoms with van der Waals surface area (Å²) in [5.41, 5.74) is 5.44. The van der Waals surface area contributed by atoms with Crippen LogP contribution in [0, 0.1) is 19.8 Å². The van der Waals surface area contributed by atoms with E-state index in [2.05, 4.69) is 55.3 Å². The van der Waals surface area contributed by atoms with Gasteiger partial charge in [0.05, 0.1) is 17.4 Å². The lowest BCUT2D eigenvalue weighted by atomic mass is 9.98. The molecule has 5 rings (SSSR count). The molecule has 1 atom stereocenters. The maximum Gasteiger partial charge on any atom is 0.228 e. The zero-order chi connectivity index (χ0) is 23.1. The third-order valence-electron chi connectivity index (χ3n) is 7.00. The molecule has 33 heavy (non-hydrogen) atoms. The highest BCUT2D eigenvalue weighted by Gasteiger charge is 2.32. The summed E-state index contributed by atoms with van der Waals surface area (Å²) < 4.78 is 2.20. The standard InChI is InChI=1S/C26H34N6O/c1-17(2)15-32-24(33)12-11-20-18(3)28-25(29-26(20)32)21-9-5-7-13-30(21)16-22-19(4)27-23-10-6-8-14-31(22)23/h6,8,10,14,17,21H,5,7,9,11-13,15-16H2,1-4H3/t21-/m1/s1. The van der Waals surface area contributed by atoms with Gasteiger partial charge in [-0.3, -0.25) is 14.6 Å². The number of hydrogen-bond acceptors (Lipinski definition) is 5. The van der Waals surface area contributed by atoms with Crippen molar-refractivity contribution in [2.75, 3.05) is 18.0 Å². The third-order valence-corrected chi connectivity index (χ3v) is 7.00. The first-order valence-corrected chi connectivity index (χ1v) is 12.3. The van der Waals surface area contributed by atoms with Crippen LogP contribution in [0.2, 0.25) is 0 Å². The van der Waals surface area contributed by atoms with Crippen LogP contribution in [0.5, 0.6) is 0 Å². The molecule has 0 aromatic carbocycles. The van der Waals surface area contributed by atoms with E-state index >= 15 is 0 Å². The van der Waals surface area contributed by atoms with Gasteiger partial charge in [-0.05, 0) is 57.7 Å². The number of aromatic nitrogens is 4. The molecule has 1 saturated heterocycles. The van der Waals surface area contributed by atoms with Gasteiger partial charge in [0.1, 0.15) is 17.3 Å². The number of carbonyl (C=O) groups excluding carboxylic acids is 1. The fourth-order valence-corrected chi connectivity index (χ4v) is 5.33. The molecule has 3 aromatic rings. The summed E-state index contributed by atoms with van der Waals surface area (Å²) in [6, 6.07) is 6.29. The number of fused-ring (bicyclic) bond motifs is 2.